The number of benzene rings is 1. The van der Waals surface area contributed by atoms with Gasteiger partial charge in [0.05, 0.1) is 11.3 Å². The molecule has 0 saturated heterocycles. The average Bonchev–Trinajstić information content (AvgIpc) is 3.02. The van der Waals surface area contributed by atoms with Crippen LogP contribution < -0.4 is 15.4 Å². The van der Waals surface area contributed by atoms with Crippen LogP contribution in [-0.2, 0) is 6.61 Å². The third-order valence-corrected chi connectivity index (χ3v) is 4.82. The molecule has 2 amide bonds. The number of halogens is 2. The second kappa shape index (κ2) is 9.56. The Morgan fingerprint density at radius 3 is 2.67 bits per heavy atom. The predicted molar refractivity (Wildman–Crippen MR) is 112 cm³/mol. The highest BCUT2D eigenvalue weighted by Gasteiger charge is 2.17. The molecule has 1 aromatic carbocycles. The molecular formula is C22H26F2N4O2. The van der Waals surface area contributed by atoms with Crippen molar-refractivity contribution in [2.45, 2.75) is 52.7 Å². The largest absolute Gasteiger partial charge is 0.485 e. The van der Waals surface area contributed by atoms with Gasteiger partial charge in [-0.3, -0.25) is 9.72 Å². The van der Waals surface area contributed by atoms with Crippen molar-refractivity contribution in [3.8, 4) is 5.75 Å². The summed E-state index contributed by atoms with van der Waals surface area (Å²) in [7, 11) is 0. The van der Waals surface area contributed by atoms with Crippen LogP contribution in [0.3, 0.4) is 0 Å². The van der Waals surface area contributed by atoms with E-state index in [1.807, 2.05) is 6.92 Å². The van der Waals surface area contributed by atoms with Crippen LogP contribution in [0.1, 0.15) is 44.4 Å². The number of nitrogens with zero attached hydrogens (tertiary/aromatic N) is 2. The molecule has 0 saturated carbocycles. The SMILES string of the molecule is CCCC[C@H](C)NC(=O)Nc1c(C)nc2c(OCc3c(F)cccc3F)cccn12. The molecule has 2 aromatic heterocycles. The van der Waals surface area contributed by atoms with E-state index in [0.717, 1.165) is 19.3 Å². The molecule has 160 valence electrons. The van der Waals surface area contributed by atoms with Crippen molar-refractivity contribution < 1.29 is 18.3 Å². The lowest BCUT2D eigenvalue weighted by Gasteiger charge is -2.14. The summed E-state index contributed by atoms with van der Waals surface area (Å²) in [5, 5.41) is 5.75. The van der Waals surface area contributed by atoms with E-state index in [9.17, 15) is 13.6 Å². The van der Waals surface area contributed by atoms with Crippen LogP contribution in [0.15, 0.2) is 36.5 Å². The van der Waals surface area contributed by atoms with Gasteiger partial charge in [0.25, 0.3) is 0 Å². The Kier molecular flexibility index (Phi) is 6.87. The van der Waals surface area contributed by atoms with Crippen molar-refractivity contribution in [1.82, 2.24) is 14.7 Å². The van der Waals surface area contributed by atoms with Gasteiger partial charge in [0.1, 0.15) is 24.1 Å². The molecule has 2 heterocycles. The van der Waals surface area contributed by atoms with E-state index in [2.05, 4.69) is 22.5 Å². The molecule has 1 atom stereocenters. The Morgan fingerprint density at radius 1 is 1.23 bits per heavy atom. The number of carbonyl (C=O) groups excluding carboxylic acids is 1. The first-order chi connectivity index (χ1) is 14.4. The highest BCUT2D eigenvalue weighted by Crippen LogP contribution is 2.26. The molecule has 0 aliphatic heterocycles. The molecule has 30 heavy (non-hydrogen) atoms. The number of urea groups is 1. The van der Waals surface area contributed by atoms with Crippen LogP contribution in [0, 0.1) is 18.6 Å². The molecule has 0 spiro atoms. The van der Waals surface area contributed by atoms with Crippen LogP contribution in [0.2, 0.25) is 0 Å². The number of aryl methyl sites for hydroxylation is 1. The molecule has 0 unspecified atom stereocenters. The summed E-state index contributed by atoms with van der Waals surface area (Å²) >= 11 is 0. The van der Waals surface area contributed by atoms with Gasteiger partial charge in [-0.05, 0) is 44.5 Å². The summed E-state index contributed by atoms with van der Waals surface area (Å²) in [6, 6.07) is 6.79. The van der Waals surface area contributed by atoms with Gasteiger partial charge in [-0.2, -0.15) is 0 Å². The Morgan fingerprint density at radius 2 is 1.97 bits per heavy atom. The number of carbonyl (C=O) groups is 1. The first-order valence-electron chi connectivity index (χ1n) is 10.0. The number of unbranched alkanes of at least 4 members (excludes halogenated alkanes) is 1. The van der Waals surface area contributed by atoms with Gasteiger partial charge in [0.15, 0.2) is 11.4 Å². The number of aromatic nitrogens is 2. The number of hydrogen-bond acceptors (Lipinski definition) is 3. The molecule has 0 bridgehead atoms. The molecule has 2 N–H and O–H groups in total. The summed E-state index contributed by atoms with van der Waals surface area (Å²) < 4.78 is 35.1. The predicted octanol–water partition coefficient (Wildman–Crippen LogP) is 5.20. The van der Waals surface area contributed by atoms with Gasteiger partial charge < -0.3 is 10.1 Å². The second-order valence-corrected chi connectivity index (χ2v) is 7.24. The minimum atomic E-state index is -0.669. The maximum atomic E-state index is 13.9. The average molecular weight is 416 g/mol. The maximum absolute atomic E-state index is 13.9. The number of fused-ring (bicyclic) bond motifs is 1. The summed E-state index contributed by atoms with van der Waals surface area (Å²) in [4.78, 5) is 16.8. The fourth-order valence-electron chi connectivity index (χ4n) is 3.19. The molecule has 3 rings (SSSR count). The van der Waals surface area contributed by atoms with Gasteiger partial charge >= 0.3 is 6.03 Å². The maximum Gasteiger partial charge on any atom is 0.320 e. The fourth-order valence-corrected chi connectivity index (χ4v) is 3.19. The number of rotatable bonds is 8. The Hall–Kier alpha value is -3.16. The van der Waals surface area contributed by atoms with Gasteiger partial charge in [-0.1, -0.05) is 25.8 Å². The number of anilines is 1. The Bertz CT molecular complexity index is 1020. The van der Waals surface area contributed by atoms with Crippen molar-refractivity contribution in [3.05, 3.63) is 59.4 Å². The summed E-state index contributed by atoms with van der Waals surface area (Å²) in [6.45, 7) is 5.56. The number of pyridine rings is 1. The standard InChI is InChI=1S/C22H26F2N4O2/c1-4-5-8-14(2)25-22(29)27-20-15(3)26-21-19(11-7-12-28(20)21)30-13-16-17(23)9-6-10-18(16)24/h6-7,9-12,14H,4-5,8,13H2,1-3H3,(H2,25,27,29)/t14-/m0/s1. The normalized spacial score (nSPS) is 12.0. The topological polar surface area (TPSA) is 67.7 Å². The smallest absolute Gasteiger partial charge is 0.320 e. The quantitative estimate of drug-likeness (QED) is 0.530. The van der Waals surface area contributed by atoms with Gasteiger partial charge in [-0.15, -0.1) is 0 Å². The van der Waals surface area contributed by atoms with Gasteiger partial charge in [-0.25, -0.2) is 18.6 Å². The first-order valence-corrected chi connectivity index (χ1v) is 10.0. The van der Waals surface area contributed by atoms with Crippen molar-refractivity contribution in [2.75, 3.05) is 5.32 Å². The summed E-state index contributed by atoms with van der Waals surface area (Å²) in [5.41, 5.74) is 0.891. The van der Waals surface area contributed by atoms with Crippen molar-refractivity contribution in [3.63, 3.8) is 0 Å². The van der Waals surface area contributed by atoms with E-state index in [1.54, 1.807) is 29.7 Å². The van der Waals surface area contributed by atoms with Crippen molar-refractivity contribution >= 4 is 17.5 Å². The molecule has 0 aliphatic rings. The Labute approximate surface area is 174 Å². The fraction of sp³-hybridized carbons (Fsp3) is 0.364. The molecule has 0 fully saturated rings. The monoisotopic (exact) mass is 416 g/mol. The van der Waals surface area contributed by atoms with Crippen LogP contribution in [0.4, 0.5) is 19.4 Å². The second-order valence-electron chi connectivity index (χ2n) is 7.24. The lowest BCUT2D eigenvalue weighted by atomic mass is 10.1. The molecule has 0 radical (unpaired) electrons. The van der Waals surface area contributed by atoms with E-state index < -0.39 is 11.6 Å². The van der Waals surface area contributed by atoms with E-state index in [0.29, 0.717) is 22.9 Å². The van der Waals surface area contributed by atoms with Crippen LogP contribution in [-0.4, -0.2) is 21.5 Å². The third kappa shape index (κ3) is 4.87. The van der Waals surface area contributed by atoms with E-state index in [-0.39, 0.29) is 24.2 Å². The lowest BCUT2D eigenvalue weighted by Crippen LogP contribution is -2.36. The Balaban J connectivity index is 1.77. The zero-order chi connectivity index (χ0) is 21.7. The first kappa shape index (κ1) is 21.5. The number of nitrogens with one attached hydrogen (secondary N) is 2. The summed E-state index contributed by atoms with van der Waals surface area (Å²) in [6.07, 6.45) is 4.75. The van der Waals surface area contributed by atoms with Crippen LogP contribution in [0.5, 0.6) is 5.75 Å². The minimum absolute atomic E-state index is 0.0546. The molecule has 3 aromatic rings. The number of hydrogen-bond donors (Lipinski definition) is 2. The van der Waals surface area contributed by atoms with Crippen molar-refractivity contribution in [2.24, 2.45) is 0 Å². The number of ether oxygens (including phenoxy) is 1. The van der Waals surface area contributed by atoms with E-state index in [1.165, 1.54) is 18.2 Å². The van der Waals surface area contributed by atoms with Crippen LogP contribution >= 0.6 is 0 Å². The molecular weight excluding hydrogens is 390 g/mol. The minimum Gasteiger partial charge on any atom is -0.485 e. The zero-order valence-electron chi connectivity index (χ0n) is 17.3. The molecule has 6 nitrogen and oxygen atoms in total. The zero-order valence-corrected chi connectivity index (χ0v) is 17.3. The van der Waals surface area contributed by atoms with E-state index in [4.69, 9.17) is 4.74 Å². The highest BCUT2D eigenvalue weighted by molar-refractivity contribution is 5.90. The van der Waals surface area contributed by atoms with Crippen LogP contribution in [0.25, 0.3) is 5.65 Å². The third-order valence-electron chi connectivity index (χ3n) is 4.82. The highest BCUT2D eigenvalue weighted by atomic mass is 19.1. The van der Waals surface area contributed by atoms with Crippen molar-refractivity contribution in [1.29, 1.82) is 0 Å². The summed E-state index contributed by atoms with van der Waals surface area (Å²) in [5.74, 6) is -0.476. The van der Waals surface area contributed by atoms with E-state index >= 15 is 0 Å². The number of amides is 2. The lowest BCUT2D eigenvalue weighted by molar-refractivity contribution is 0.248. The molecule has 8 heteroatoms. The molecule has 0 aliphatic carbocycles. The van der Waals surface area contributed by atoms with Gasteiger partial charge in [0.2, 0.25) is 0 Å². The number of imidazole rings is 1. The van der Waals surface area contributed by atoms with Gasteiger partial charge in [0, 0.05) is 12.2 Å².